The van der Waals surface area contributed by atoms with Gasteiger partial charge in [0.1, 0.15) is 11.4 Å². The molecular weight excluding hydrogens is 310 g/mol. The molecule has 0 radical (unpaired) electrons. The smallest absolute Gasteiger partial charge is 0.418 e. The van der Waals surface area contributed by atoms with Crippen molar-refractivity contribution in [3.05, 3.63) is 29.8 Å². The summed E-state index contributed by atoms with van der Waals surface area (Å²) in [6.45, 7) is 2.04. The summed E-state index contributed by atoms with van der Waals surface area (Å²) < 4.78 is 34.5. The molecule has 1 aromatic rings. The number of carbonyl (C=O) groups excluding carboxylic acids is 2. The van der Waals surface area contributed by atoms with E-state index in [1.165, 1.54) is 6.07 Å². The predicted octanol–water partition coefficient (Wildman–Crippen LogP) is 3.29. The summed E-state index contributed by atoms with van der Waals surface area (Å²) in [5, 5.41) is 2.56. The zero-order valence-corrected chi connectivity index (χ0v) is 13.0. The summed E-state index contributed by atoms with van der Waals surface area (Å²) in [5.41, 5.74) is -0.376. The first-order chi connectivity index (χ1) is 10.7. The highest BCUT2D eigenvalue weighted by atomic mass is 19.3. The van der Waals surface area contributed by atoms with Crippen LogP contribution in [0.4, 0.5) is 18.4 Å². The van der Waals surface area contributed by atoms with Crippen LogP contribution < -0.4 is 10.1 Å². The number of carbonyl (C=O) groups is 2. The summed E-state index contributed by atoms with van der Waals surface area (Å²) in [6.07, 6.45) is -0.787. The van der Waals surface area contributed by atoms with Gasteiger partial charge in [-0.2, -0.15) is 8.78 Å². The number of amides is 3. The first kappa shape index (κ1) is 17.0. The Hall–Kier alpha value is -2.38. The number of alkyl halides is 2. The molecule has 0 saturated carbocycles. The van der Waals surface area contributed by atoms with Gasteiger partial charge in [-0.25, -0.2) is 14.5 Å². The number of benzene rings is 1. The van der Waals surface area contributed by atoms with Gasteiger partial charge in [-0.1, -0.05) is 18.2 Å². The van der Waals surface area contributed by atoms with Crippen LogP contribution >= 0.6 is 0 Å². The van der Waals surface area contributed by atoms with E-state index in [1.807, 2.05) is 0 Å². The Morgan fingerprint density at radius 2 is 2.00 bits per heavy atom. The van der Waals surface area contributed by atoms with Crippen molar-refractivity contribution in [1.29, 1.82) is 0 Å². The zero-order chi connectivity index (χ0) is 17.2. The van der Waals surface area contributed by atoms with E-state index in [2.05, 4.69) is 10.1 Å². The lowest BCUT2D eigenvalue weighted by molar-refractivity contribution is -0.0506. The van der Waals surface area contributed by atoms with Crippen LogP contribution in [-0.4, -0.2) is 35.8 Å². The fraction of sp³-hybridized carbons (Fsp3) is 0.467. The summed E-state index contributed by atoms with van der Waals surface area (Å²) in [6, 6.07) is 4.83. The van der Waals surface area contributed by atoms with Gasteiger partial charge in [0.05, 0.1) is 12.6 Å². The topological polar surface area (TPSA) is 67.9 Å². The Kier molecular flexibility index (Phi) is 4.72. The number of para-hydroxylation sites is 1. The van der Waals surface area contributed by atoms with E-state index in [9.17, 15) is 18.4 Å². The summed E-state index contributed by atoms with van der Waals surface area (Å²) in [5.74, 6) is -0.0427. The number of nitrogens with zero attached hydrogens (tertiary/aromatic N) is 1. The molecule has 1 heterocycles. The molecule has 3 amide bonds. The van der Waals surface area contributed by atoms with Crippen molar-refractivity contribution < 1.29 is 27.8 Å². The van der Waals surface area contributed by atoms with Gasteiger partial charge in [-0.3, -0.25) is 0 Å². The van der Waals surface area contributed by atoms with E-state index in [0.29, 0.717) is 5.56 Å². The number of imide groups is 1. The molecule has 1 aromatic carbocycles. The van der Waals surface area contributed by atoms with E-state index in [0.717, 1.165) is 4.90 Å². The number of ether oxygens (including phenoxy) is 2. The third-order valence-corrected chi connectivity index (χ3v) is 3.03. The number of halogens is 2. The largest absolute Gasteiger partial charge is 0.443 e. The Morgan fingerprint density at radius 3 is 2.61 bits per heavy atom. The minimum Gasteiger partial charge on any atom is -0.443 e. The minimum absolute atomic E-state index is 0.0304. The van der Waals surface area contributed by atoms with Gasteiger partial charge in [-0.15, -0.1) is 0 Å². The van der Waals surface area contributed by atoms with Crippen molar-refractivity contribution in [1.82, 2.24) is 10.2 Å². The van der Waals surface area contributed by atoms with Crippen molar-refractivity contribution in [3.63, 3.8) is 0 Å². The van der Waals surface area contributed by atoms with Gasteiger partial charge in [0.2, 0.25) is 0 Å². The lowest BCUT2D eigenvalue weighted by Gasteiger charge is -2.22. The molecule has 1 atom stereocenters. The molecule has 0 bridgehead atoms. The Bertz CT molecular complexity index is 601. The standard InChI is InChI=1S/C15H18F2N2O4/c1-15(2,3)23-14(21)19-8-10(18-13(19)20)9-6-4-5-7-11(9)22-12(16)17/h4-7,10,12H,8H2,1-3H3,(H,18,20). The number of nitrogens with one attached hydrogen (secondary N) is 1. The number of urea groups is 1. The molecule has 2 rings (SSSR count). The Morgan fingerprint density at radius 1 is 1.35 bits per heavy atom. The molecule has 1 fully saturated rings. The normalized spacial score (nSPS) is 18.1. The molecule has 126 valence electrons. The van der Waals surface area contributed by atoms with E-state index in [-0.39, 0.29) is 12.3 Å². The highest BCUT2D eigenvalue weighted by Crippen LogP contribution is 2.30. The van der Waals surface area contributed by atoms with Gasteiger partial charge < -0.3 is 14.8 Å². The highest BCUT2D eigenvalue weighted by Gasteiger charge is 2.37. The summed E-state index contributed by atoms with van der Waals surface area (Å²) in [4.78, 5) is 24.8. The lowest BCUT2D eigenvalue weighted by atomic mass is 10.1. The Labute approximate surface area is 132 Å². The molecule has 0 aliphatic carbocycles. The predicted molar refractivity (Wildman–Crippen MR) is 77.3 cm³/mol. The SMILES string of the molecule is CC(C)(C)OC(=O)N1CC(c2ccccc2OC(F)F)NC1=O. The van der Waals surface area contributed by atoms with Crippen molar-refractivity contribution in [2.24, 2.45) is 0 Å². The quantitative estimate of drug-likeness (QED) is 0.924. The van der Waals surface area contributed by atoms with E-state index in [4.69, 9.17) is 4.74 Å². The molecular formula is C15H18F2N2O4. The van der Waals surface area contributed by atoms with Crippen molar-refractivity contribution in [2.45, 2.75) is 39.0 Å². The average molecular weight is 328 g/mol. The van der Waals surface area contributed by atoms with E-state index < -0.39 is 30.4 Å². The van der Waals surface area contributed by atoms with Crippen molar-refractivity contribution >= 4 is 12.1 Å². The van der Waals surface area contributed by atoms with Crippen LogP contribution in [0.25, 0.3) is 0 Å². The molecule has 23 heavy (non-hydrogen) atoms. The molecule has 1 N–H and O–H groups in total. The van der Waals surface area contributed by atoms with Crippen molar-refractivity contribution in [2.75, 3.05) is 6.54 Å². The van der Waals surface area contributed by atoms with Gasteiger partial charge in [0.15, 0.2) is 0 Å². The van der Waals surface area contributed by atoms with Crippen LogP contribution in [0.2, 0.25) is 0 Å². The molecule has 1 aliphatic rings. The van der Waals surface area contributed by atoms with E-state index >= 15 is 0 Å². The second kappa shape index (κ2) is 6.39. The lowest BCUT2D eigenvalue weighted by Crippen LogP contribution is -2.38. The third-order valence-electron chi connectivity index (χ3n) is 3.03. The molecule has 6 nitrogen and oxygen atoms in total. The summed E-state index contributed by atoms with van der Waals surface area (Å²) >= 11 is 0. The van der Waals surface area contributed by atoms with Crippen molar-refractivity contribution in [3.8, 4) is 5.75 Å². The van der Waals surface area contributed by atoms with Crippen LogP contribution in [0.1, 0.15) is 32.4 Å². The number of hydrogen-bond acceptors (Lipinski definition) is 4. The van der Waals surface area contributed by atoms with E-state index in [1.54, 1.807) is 39.0 Å². The van der Waals surface area contributed by atoms with Crippen LogP contribution in [0.5, 0.6) is 5.75 Å². The second-order valence-electron chi connectivity index (χ2n) is 6.01. The Balaban J connectivity index is 2.15. The number of hydrogen-bond donors (Lipinski definition) is 1. The fourth-order valence-electron chi connectivity index (χ4n) is 2.16. The van der Waals surface area contributed by atoms with Gasteiger partial charge in [0.25, 0.3) is 0 Å². The monoisotopic (exact) mass is 328 g/mol. The molecule has 0 spiro atoms. The van der Waals surface area contributed by atoms with Gasteiger partial charge in [0, 0.05) is 5.56 Å². The second-order valence-corrected chi connectivity index (χ2v) is 6.01. The van der Waals surface area contributed by atoms with Crippen LogP contribution in [-0.2, 0) is 4.74 Å². The maximum Gasteiger partial charge on any atom is 0.418 e. The maximum absolute atomic E-state index is 12.5. The van der Waals surface area contributed by atoms with Crippen LogP contribution in [0, 0.1) is 0 Å². The maximum atomic E-state index is 12.5. The minimum atomic E-state index is -2.98. The highest BCUT2D eigenvalue weighted by molar-refractivity contribution is 5.93. The van der Waals surface area contributed by atoms with Crippen LogP contribution in [0.15, 0.2) is 24.3 Å². The first-order valence-electron chi connectivity index (χ1n) is 7.02. The number of rotatable bonds is 3. The molecule has 1 aliphatic heterocycles. The van der Waals surface area contributed by atoms with Gasteiger partial charge in [-0.05, 0) is 26.8 Å². The molecule has 1 unspecified atom stereocenters. The first-order valence-corrected chi connectivity index (χ1v) is 7.02. The molecule has 0 aromatic heterocycles. The third kappa shape index (κ3) is 4.30. The average Bonchev–Trinajstić information content (AvgIpc) is 2.79. The van der Waals surface area contributed by atoms with Crippen LogP contribution in [0.3, 0.4) is 0 Å². The van der Waals surface area contributed by atoms with Gasteiger partial charge >= 0.3 is 18.7 Å². The summed E-state index contributed by atoms with van der Waals surface area (Å²) in [7, 11) is 0. The molecule has 8 heteroatoms. The molecule has 1 saturated heterocycles. The zero-order valence-electron chi connectivity index (χ0n) is 13.0. The fourth-order valence-corrected chi connectivity index (χ4v) is 2.16.